The van der Waals surface area contributed by atoms with Crippen molar-refractivity contribution in [2.75, 3.05) is 13.2 Å². The molecule has 2 N–H and O–H groups in total. The number of rotatable bonds is 7. The van der Waals surface area contributed by atoms with Gasteiger partial charge in [-0.1, -0.05) is 26.0 Å². The summed E-state index contributed by atoms with van der Waals surface area (Å²) in [5.74, 6) is -0.741. The van der Waals surface area contributed by atoms with E-state index in [1.165, 1.54) is 0 Å². The summed E-state index contributed by atoms with van der Waals surface area (Å²) in [7, 11) is 0. The number of carbonyl (C=O) groups excluding carboxylic acids is 1. The largest absolute Gasteiger partial charge is 0.481 e. The predicted octanol–water partition coefficient (Wildman–Crippen LogP) is 2.57. The van der Waals surface area contributed by atoms with Gasteiger partial charge in [0, 0.05) is 12.5 Å². The van der Waals surface area contributed by atoms with Gasteiger partial charge in [-0.05, 0) is 43.4 Å². The Labute approximate surface area is 148 Å². The van der Waals surface area contributed by atoms with Gasteiger partial charge in [0.15, 0.2) is 6.10 Å². The maximum atomic E-state index is 12.4. The molecule has 1 saturated heterocycles. The van der Waals surface area contributed by atoms with E-state index < -0.39 is 24.0 Å². The second-order valence-electron chi connectivity index (χ2n) is 6.79. The number of carbonyl (C=O) groups is 2. The minimum absolute atomic E-state index is 0.216. The molecule has 1 aliphatic rings. The van der Waals surface area contributed by atoms with Crippen LogP contribution in [0.5, 0.6) is 5.75 Å². The Morgan fingerprint density at radius 1 is 1.32 bits per heavy atom. The zero-order valence-corrected chi connectivity index (χ0v) is 15.0. The Balaban J connectivity index is 1.98. The lowest BCUT2D eigenvalue weighted by atomic mass is 9.93. The Morgan fingerprint density at radius 3 is 2.68 bits per heavy atom. The molecule has 0 radical (unpaired) electrons. The van der Waals surface area contributed by atoms with Crippen LogP contribution >= 0.6 is 0 Å². The van der Waals surface area contributed by atoms with Crippen molar-refractivity contribution in [2.24, 2.45) is 5.92 Å². The highest BCUT2D eigenvalue weighted by Crippen LogP contribution is 2.21. The van der Waals surface area contributed by atoms with Crippen LogP contribution in [0, 0.1) is 5.92 Å². The number of aliphatic carboxylic acids is 1. The molecule has 0 aromatic heterocycles. The number of carboxylic acid groups (broad SMARTS) is 1. The number of nitrogens with one attached hydrogen (secondary N) is 1. The van der Waals surface area contributed by atoms with Crippen molar-refractivity contribution in [1.82, 2.24) is 5.32 Å². The molecule has 25 heavy (non-hydrogen) atoms. The summed E-state index contributed by atoms with van der Waals surface area (Å²) in [5.41, 5.74) is 1.12. The molecule has 1 aromatic carbocycles. The molecular formula is C19H27NO5. The van der Waals surface area contributed by atoms with Gasteiger partial charge < -0.3 is 19.9 Å². The fraction of sp³-hybridized carbons (Fsp3) is 0.579. The average molecular weight is 349 g/mol. The predicted molar refractivity (Wildman–Crippen MR) is 93.7 cm³/mol. The maximum absolute atomic E-state index is 12.4. The third-order valence-electron chi connectivity index (χ3n) is 4.44. The Morgan fingerprint density at radius 2 is 2.08 bits per heavy atom. The van der Waals surface area contributed by atoms with Gasteiger partial charge >= 0.3 is 5.97 Å². The first-order chi connectivity index (χ1) is 11.9. The molecule has 1 fully saturated rings. The van der Waals surface area contributed by atoms with Crippen LogP contribution in [0.1, 0.15) is 45.1 Å². The molecule has 3 atom stereocenters. The first-order valence-electron chi connectivity index (χ1n) is 8.76. The number of amides is 1. The van der Waals surface area contributed by atoms with Crippen molar-refractivity contribution < 1.29 is 24.2 Å². The molecule has 2 rings (SSSR count). The van der Waals surface area contributed by atoms with Crippen LogP contribution in [0.25, 0.3) is 0 Å². The minimum Gasteiger partial charge on any atom is -0.481 e. The normalized spacial score (nSPS) is 19.9. The second kappa shape index (κ2) is 8.85. The van der Waals surface area contributed by atoms with Crippen LogP contribution in [0.3, 0.4) is 0 Å². The summed E-state index contributed by atoms with van der Waals surface area (Å²) in [6, 6.07) is 6.62. The molecule has 6 heteroatoms. The summed E-state index contributed by atoms with van der Waals surface area (Å²) in [6.45, 7) is 6.77. The van der Waals surface area contributed by atoms with Crippen molar-refractivity contribution in [2.45, 2.75) is 51.7 Å². The topological polar surface area (TPSA) is 84.9 Å². The molecule has 3 unspecified atom stereocenters. The van der Waals surface area contributed by atoms with Crippen molar-refractivity contribution in [3.05, 3.63) is 29.8 Å². The third-order valence-corrected chi connectivity index (χ3v) is 4.44. The van der Waals surface area contributed by atoms with E-state index in [9.17, 15) is 14.7 Å². The van der Waals surface area contributed by atoms with Gasteiger partial charge in [-0.25, -0.2) is 4.79 Å². The third kappa shape index (κ3) is 5.46. The number of benzene rings is 1. The quantitative estimate of drug-likeness (QED) is 0.790. The molecule has 0 spiro atoms. The van der Waals surface area contributed by atoms with Crippen LogP contribution < -0.4 is 10.1 Å². The van der Waals surface area contributed by atoms with E-state index in [1.807, 2.05) is 18.2 Å². The Bertz CT molecular complexity index is 595. The SMILES string of the molecule is CC(Oc1cccc(C(C)C)c1)C(=O)NC(C(=O)O)C1CCCOC1. The summed E-state index contributed by atoms with van der Waals surface area (Å²) < 4.78 is 11.0. The lowest BCUT2D eigenvalue weighted by Crippen LogP contribution is -2.51. The van der Waals surface area contributed by atoms with Crippen LogP contribution in [-0.2, 0) is 14.3 Å². The average Bonchev–Trinajstić information content (AvgIpc) is 2.60. The fourth-order valence-corrected chi connectivity index (χ4v) is 2.88. The zero-order chi connectivity index (χ0) is 18.4. The van der Waals surface area contributed by atoms with Crippen LogP contribution in [0.15, 0.2) is 24.3 Å². The van der Waals surface area contributed by atoms with Gasteiger partial charge in [0.25, 0.3) is 5.91 Å². The van der Waals surface area contributed by atoms with Crippen LogP contribution in [0.4, 0.5) is 0 Å². The smallest absolute Gasteiger partial charge is 0.326 e. The molecule has 6 nitrogen and oxygen atoms in total. The number of hydrogen-bond donors (Lipinski definition) is 2. The second-order valence-corrected chi connectivity index (χ2v) is 6.79. The van der Waals surface area contributed by atoms with Crippen molar-refractivity contribution in [3.63, 3.8) is 0 Å². The van der Waals surface area contributed by atoms with E-state index >= 15 is 0 Å². The lowest BCUT2D eigenvalue weighted by molar-refractivity contribution is -0.146. The molecule has 1 amide bonds. The van der Waals surface area contributed by atoms with Crippen LogP contribution in [0.2, 0.25) is 0 Å². The highest BCUT2D eigenvalue weighted by atomic mass is 16.5. The van der Waals surface area contributed by atoms with Gasteiger partial charge in [0.2, 0.25) is 0 Å². The van der Waals surface area contributed by atoms with Crippen molar-refractivity contribution >= 4 is 11.9 Å². The summed E-state index contributed by atoms with van der Waals surface area (Å²) in [4.78, 5) is 23.9. The van der Waals surface area contributed by atoms with Crippen molar-refractivity contribution in [3.8, 4) is 5.75 Å². The Kier molecular flexibility index (Phi) is 6.82. The minimum atomic E-state index is -1.04. The van der Waals surface area contributed by atoms with E-state index in [4.69, 9.17) is 9.47 Å². The lowest BCUT2D eigenvalue weighted by Gasteiger charge is -2.29. The highest BCUT2D eigenvalue weighted by Gasteiger charge is 2.32. The van der Waals surface area contributed by atoms with E-state index in [0.29, 0.717) is 24.9 Å². The van der Waals surface area contributed by atoms with E-state index in [1.54, 1.807) is 13.0 Å². The Hall–Kier alpha value is -2.08. The molecular weight excluding hydrogens is 322 g/mol. The van der Waals surface area contributed by atoms with Crippen molar-refractivity contribution in [1.29, 1.82) is 0 Å². The zero-order valence-electron chi connectivity index (χ0n) is 15.0. The number of hydrogen-bond acceptors (Lipinski definition) is 4. The van der Waals surface area contributed by atoms with Gasteiger partial charge in [0.05, 0.1) is 6.61 Å². The highest BCUT2D eigenvalue weighted by molar-refractivity contribution is 5.86. The molecule has 0 bridgehead atoms. The van der Waals surface area contributed by atoms with Gasteiger partial charge in [-0.2, -0.15) is 0 Å². The number of carboxylic acids is 1. The molecule has 0 aliphatic carbocycles. The first kappa shape index (κ1) is 19.2. The van der Waals surface area contributed by atoms with E-state index in [2.05, 4.69) is 19.2 Å². The standard InChI is InChI=1S/C19H27NO5/c1-12(2)14-6-4-8-16(10-14)25-13(3)18(21)20-17(19(22)23)15-7-5-9-24-11-15/h4,6,8,10,12-13,15,17H,5,7,9,11H2,1-3H3,(H,20,21)(H,22,23). The number of ether oxygens (including phenoxy) is 2. The monoisotopic (exact) mass is 349 g/mol. The maximum Gasteiger partial charge on any atom is 0.326 e. The van der Waals surface area contributed by atoms with Gasteiger partial charge in [0.1, 0.15) is 11.8 Å². The molecule has 138 valence electrons. The molecule has 0 saturated carbocycles. The molecule has 1 aliphatic heterocycles. The molecule has 1 aromatic rings. The summed E-state index contributed by atoms with van der Waals surface area (Å²) in [6.07, 6.45) is 0.746. The fourth-order valence-electron chi connectivity index (χ4n) is 2.88. The first-order valence-corrected chi connectivity index (χ1v) is 8.76. The summed E-state index contributed by atoms with van der Waals surface area (Å²) in [5, 5.41) is 12.0. The summed E-state index contributed by atoms with van der Waals surface area (Å²) >= 11 is 0. The van der Waals surface area contributed by atoms with E-state index in [0.717, 1.165) is 18.4 Å². The molecule has 1 heterocycles. The van der Waals surface area contributed by atoms with E-state index in [-0.39, 0.29) is 5.92 Å². The van der Waals surface area contributed by atoms with Gasteiger partial charge in [-0.15, -0.1) is 0 Å². The van der Waals surface area contributed by atoms with Crippen LogP contribution in [-0.4, -0.2) is 42.3 Å². The van der Waals surface area contributed by atoms with Gasteiger partial charge in [-0.3, -0.25) is 4.79 Å².